The second-order valence-electron chi connectivity index (χ2n) is 9.26. The second kappa shape index (κ2) is 8.43. The Kier molecular flexibility index (Phi) is 5.85. The standard InChI is InChI=1S/C23H31FN6O/c1-23(2,3)21-16(14-26-27-21)15-29-10-12-30(13-11-29)19-17(6-5-7-18(19)24)20(31)22-25-8-9-28(22)4/h5-9,14,20,31H,10-13,15H2,1-4H3,(H,26,27). The number of piperazine rings is 1. The molecule has 166 valence electrons. The molecule has 7 nitrogen and oxygen atoms in total. The molecule has 8 heteroatoms. The van der Waals surface area contributed by atoms with Gasteiger partial charge in [0.15, 0.2) is 0 Å². The molecule has 31 heavy (non-hydrogen) atoms. The van der Waals surface area contributed by atoms with Crippen LogP contribution in [0.25, 0.3) is 0 Å². The number of benzene rings is 1. The molecule has 3 aromatic rings. The van der Waals surface area contributed by atoms with Crippen molar-refractivity contribution in [1.29, 1.82) is 0 Å². The van der Waals surface area contributed by atoms with Crippen LogP contribution in [0.1, 0.15) is 49.5 Å². The molecule has 1 unspecified atom stereocenters. The average Bonchev–Trinajstić information content (AvgIpc) is 3.37. The van der Waals surface area contributed by atoms with Crippen LogP contribution in [-0.4, -0.2) is 55.9 Å². The Balaban J connectivity index is 1.50. The van der Waals surface area contributed by atoms with Crippen LogP contribution >= 0.6 is 0 Å². The van der Waals surface area contributed by atoms with Crippen molar-refractivity contribution in [2.24, 2.45) is 7.05 Å². The molecule has 0 aliphatic carbocycles. The number of hydrogen-bond donors (Lipinski definition) is 2. The van der Waals surface area contributed by atoms with E-state index in [1.807, 2.05) is 18.1 Å². The van der Waals surface area contributed by atoms with Gasteiger partial charge >= 0.3 is 0 Å². The first kappa shape index (κ1) is 21.5. The van der Waals surface area contributed by atoms with Crippen molar-refractivity contribution in [1.82, 2.24) is 24.6 Å². The summed E-state index contributed by atoms with van der Waals surface area (Å²) < 4.78 is 16.7. The summed E-state index contributed by atoms with van der Waals surface area (Å²) in [7, 11) is 1.82. The summed E-state index contributed by atoms with van der Waals surface area (Å²) in [5, 5.41) is 18.3. The van der Waals surface area contributed by atoms with Crippen molar-refractivity contribution in [3.63, 3.8) is 0 Å². The van der Waals surface area contributed by atoms with Gasteiger partial charge in [-0.1, -0.05) is 32.9 Å². The van der Waals surface area contributed by atoms with E-state index in [9.17, 15) is 9.50 Å². The number of imidazole rings is 1. The normalized spacial score (nSPS) is 16.6. The van der Waals surface area contributed by atoms with Crippen LogP contribution in [0.2, 0.25) is 0 Å². The van der Waals surface area contributed by atoms with Gasteiger partial charge in [-0.2, -0.15) is 5.10 Å². The number of aromatic nitrogens is 4. The monoisotopic (exact) mass is 426 g/mol. The SMILES string of the molecule is Cn1ccnc1C(O)c1cccc(F)c1N1CCN(Cc2cn[nH]c2C(C)(C)C)CC1. The topological polar surface area (TPSA) is 73.2 Å². The highest BCUT2D eigenvalue weighted by atomic mass is 19.1. The molecule has 3 heterocycles. The molecule has 1 saturated heterocycles. The zero-order valence-corrected chi connectivity index (χ0v) is 18.6. The molecule has 1 aliphatic rings. The van der Waals surface area contributed by atoms with Crippen molar-refractivity contribution >= 4 is 5.69 Å². The van der Waals surface area contributed by atoms with Crippen molar-refractivity contribution < 1.29 is 9.50 Å². The van der Waals surface area contributed by atoms with Crippen LogP contribution in [-0.2, 0) is 19.0 Å². The van der Waals surface area contributed by atoms with E-state index in [0.717, 1.165) is 25.3 Å². The molecule has 2 aromatic heterocycles. The zero-order chi connectivity index (χ0) is 22.2. The number of aliphatic hydroxyl groups excluding tert-OH is 1. The van der Waals surface area contributed by atoms with Crippen LogP contribution in [0.4, 0.5) is 10.1 Å². The van der Waals surface area contributed by atoms with Crippen LogP contribution in [0.5, 0.6) is 0 Å². The molecule has 0 saturated carbocycles. The molecule has 4 rings (SSSR count). The van der Waals surface area contributed by atoms with Gasteiger partial charge in [-0.15, -0.1) is 0 Å². The number of nitrogens with one attached hydrogen (secondary N) is 1. The fourth-order valence-electron chi connectivity index (χ4n) is 4.32. The van der Waals surface area contributed by atoms with Gasteiger partial charge in [0.05, 0.1) is 11.9 Å². The molecule has 1 fully saturated rings. The fraction of sp³-hybridized carbons (Fsp3) is 0.478. The maximum Gasteiger partial charge on any atom is 0.146 e. The molecular formula is C23H31FN6O. The number of aryl methyl sites for hydroxylation is 1. The molecule has 0 amide bonds. The van der Waals surface area contributed by atoms with E-state index in [0.29, 0.717) is 30.2 Å². The molecule has 2 N–H and O–H groups in total. The van der Waals surface area contributed by atoms with Crippen molar-refractivity contribution in [2.45, 2.75) is 38.8 Å². The number of hydrogen-bond acceptors (Lipinski definition) is 5. The van der Waals surface area contributed by atoms with Gasteiger partial charge in [0.1, 0.15) is 17.7 Å². The van der Waals surface area contributed by atoms with Gasteiger partial charge in [-0.3, -0.25) is 10.00 Å². The van der Waals surface area contributed by atoms with Crippen LogP contribution < -0.4 is 4.90 Å². The Bertz CT molecular complexity index is 1030. The van der Waals surface area contributed by atoms with E-state index in [4.69, 9.17) is 0 Å². The lowest BCUT2D eigenvalue weighted by Crippen LogP contribution is -2.46. The third-order valence-electron chi connectivity index (χ3n) is 5.97. The van der Waals surface area contributed by atoms with Gasteiger partial charge in [-0.05, 0) is 6.07 Å². The van der Waals surface area contributed by atoms with Gasteiger partial charge in [0.25, 0.3) is 0 Å². The summed E-state index contributed by atoms with van der Waals surface area (Å²) in [6, 6.07) is 4.88. The number of H-pyrrole nitrogens is 1. The number of aliphatic hydroxyl groups is 1. The first-order chi connectivity index (χ1) is 14.8. The van der Waals surface area contributed by atoms with Gasteiger partial charge in [-0.25, -0.2) is 9.37 Å². The highest BCUT2D eigenvalue weighted by molar-refractivity contribution is 5.57. The first-order valence-corrected chi connectivity index (χ1v) is 10.7. The number of halogens is 1. The smallest absolute Gasteiger partial charge is 0.146 e. The third kappa shape index (κ3) is 4.36. The van der Waals surface area contributed by atoms with Gasteiger partial charge < -0.3 is 14.6 Å². The molecule has 0 spiro atoms. The van der Waals surface area contributed by atoms with E-state index in [-0.39, 0.29) is 11.2 Å². The first-order valence-electron chi connectivity index (χ1n) is 10.7. The van der Waals surface area contributed by atoms with Crippen molar-refractivity contribution in [2.75, 3.05) is 31.1 Å². The summed E-state index contributed by atoms with van der Waals surface area (Å²) in [6.07, 6.45) is 4.34. The Labute approximate surface area is 182 Å². The molecule has 1 aromatic carbocycles. The second-order valence-corrected chi connectivity index (χ2v) is 9.26. The van der Waals surface area contributed by atoms with E-state index in [1.165, 1.54) is 11.6 Å². The van der Waals surface area contributed by atoms with Crippen LogP contribution in [0.3, 0.4) is 0 Å². The van der Waals surface area contributed by atoms with Gasteiger partial charge in [0.2, 0.25) is 0 Å². The Morgan fingerprint density at radius 1 is 1.19 bits per heavy atom. The molecule has 0 radical (unpaired) electrons. The summed E-state index contributed by atoms with van der Waals surface area (Å²) in [4.78, 5) is 8.65. The number of para-hydroxylation sites is 1. The highest BCUT2D eigenvalue weighted by Gasteiger charge is 2.28. The quantitative estimate of drug-likeness (QED) is 0.656. The maximum atomic E-state index is 14.9. The Hall–Kier alpha value is -2.71. The number of anilines is 1. The minimum Gasteiger partial charge on any atom is -0.380 e. The van der Waals surface area contributed by atoms with Crippen LogP contribution in [0, 0.1) is 5.82 Å². The lowest BCUT2D eigenvalue weighted by atomic mass is 9.89. The molecule has 0 bridgehead atoms. The Morgan fingerprint density at radius 2 is 1.94 bits per heavy atom. The number of nitrogens with zero attached hydrogens (tertiary/aromatic N) is 5. The average molecular weight is 427 g/mol. The van der Waals surface area contributed by atoms with Crippen LogP contribution in [0.15, 0.2) is 36.8 Å². The number of aromatic amines is 1. The lowest BCUT2D eigenvalue weighted by Gasteiger charge is -2.37. The summed E-state index contributed by atoms with van der Waals surface area (Å²) >= 11 is 0. The predicted octanol–water partition coefficient (Wildman–Crippen LogP) is 2.98. The lowest BCUT2D eigenvalue weighted by molar-refractivity contribution is 0.205. The maximum absolute atomic E-state index is 14.9. The fourth-order valence-corrected chi connectivity index (χ4v) is 4.32. The molecular weight excluding hydrogens is 395 g/mol. The van der Waals surface area contributed by atoms with E-state index < -0.39 is 6.10 Å². The minimum absolute atomic E-state index is 0.0108. The van der Waals surface area contributed by atoms with Crippen molar-refractivity contribution in [3.8, 4) is 0 Å². The van der Waals surface area contributed by atoms with E-state index >= 15 is 0 Å². The zero-order valence-electron chi connectivity index (χ0n) is 18.6. The number of rotatable bonds is 5. The largest absolute Gasteiger partial charge is 0.380 e. The minimum atomic E-state index is -0.982. The van der Waals surface area contributed by atoms with E-state index in [2.05, 4.69) is 40.9 Å². The van der Waals surface area contributed by atoms with Gasteiger partial charge in [0, 0.05) is 74.4 Å². The third-order valence-corrected chi connectivity index (χ3v) is 5.97. The molecule has 1 atom stereocenters. The highest BCUT2D eigenvalue weighted by Crippen LogP contribution is 2.33. The van der Waals surface area contributed by atoms with Crippen molar-refractivity contribution in [3.05, 3.63) is 65.3 Å². The Morgan fingerprint density at radius 3 is 2.58 bits per heavy atom. The molecule has 1 aliphatic heterocycles. The summed E-state index contributed by atoms with van der Waals surface area (Å²) in [6.45, 7) is 10.3. The summed E-state index contributed by atoms with van der Waals surface area (Å²) in [5.41, 5.74) is 3.39. The van der Waals surface area contributed by atoms with E-state index in [1.54, 1.807) is 29.1 Å². The predicted molar refractivity (Wildman–Crippen MR) is 118 cm³/mol. The summed E-state index contributed by atoms with van der Waals surface area (Å²) in [5.74, 6) is 0.184.